The third-order valence-corrected chi connectivity index (χ3v) is 5.20. The molecule has 3 rings (SSSR count). The maximum absolute atomic E-state index is 12.3. The Morgan fingerprint density at radius 3 is 2.52 bits per heavy atom. The van der Waals surface area contributed by atoms with Gasteiger partial charge in [0.25, 0.3) is 5.91 Å². The maximum Gasteiger partial charge on any atom is 0.279 e. The topological polar surface area (TPSA) is 36.8 Å². The molecule has 0 bridgehead atoms. The Kier molecular flexibility index (Phi) is 5.61. The van der Waals surface area contributed by atoms with Crippen LogP contribution in [-0.2, 0) is 4.79 Å². The first-order valence-corrected chi connectivity index (χ1v) is 9.11. The molecule has 0 radical (unpaired) electrons. The van der Waals surface area contributed by atoms with E-state index in [4.69, 9.17) is 11.6 Å². The number of nitrogens with one attached hydrogen (secondary N) is 2. The summed E-state index contributed by atoms with van der Waals surface area (Å²) in [7, 11) is 0. The van der Waals surface area contributed by atoms with Crippen LogP contribution < -0.4 is 15.1 Å². The summed E-state index contributed by atoms with van der Waals surface area (Å²) in [6.07, 6.45) is 0. The zero-order chi connectivity index (χ0) is 17.8. The van der Waals surface area contributed by atoms with Gasteiger partial charge in [-0.3, -0.25) is 4.79 Å². The van der Waals surface area contributed by atoms with Crippen LogP contribution in [0.15, 0.2) is 42.5 Å². The van der Waals surface area contributed by atoms with Crippen LogP contribution in [0.5, 0.6) is 0 Å². The molecule has 2 N–H and O–H groups in total. The first kappa shape index (κ1) is 17.8. The van der Waals surface area contributed by atoms with Gasteiger partial charge in [0.2, 0.25) is 0 Å². The summed E-state index contributed by atoms with van der Waals surface area (Å²) in [6, 6.07) is 14.1. The summed E-state index contributed by atoms with van der Waals surface area (Å²) in [5.74, 6) is 0.0410. The quantitative estimate of drug-likeness (QED) is 0.880. The molecular formula is C20H25ClN3O+. The number of quaternary nitrogens is 1. The van der Waals surface area contributed by atoms with Crippen LogP contribution in [0.25, 0.3) is 0 Å². The molecule has 2 aromatic rings. The van der Waals surface area contributed by atoms with Gasteiger partial charge in [0.05, 0.1) is 26.2 Å². The Labute approximate surface area is 154 Å². The minimum Gasteiger partial charge on any atom is -0.360 e. The average molecular weight is 359 g/mol. The van der Waals surface area contributed by atoms with E-state index in [0.29, 0.717) is 11.6 Å². The minimum absolute atomic E-state index is 0.0410. The third-order valence-electron chi connectivity index (χ3n) is 4.79. The van der Waals surface area contributed by atoms with Crippen molar-refractivity contribution < 1.29 is 9.69 Å². The van der Waals surface area contributed by atoms with Gasteiger partial charge in [0.15, 0.2) is 6.54 Å². The number of benzene rings is 2. The number of anilines is 2. The van der Waals surface area contributed by atoms with Gasteiger partial charge in [0, 0.05) is 16.4 Å². The Bertz CT molecular complexity index is 754. The van der Waals surface area contributed by atoms with Crippen molar-refractivity contribution in [1.82, 2.24) is 0 Å². The normalized spacial score (nSPS) is 15.2. The highest BCUT2D eigenvalue weighted by molar-refractivity contribution is 6.31. The highest BCUT2D eigenvalue weighted by atomic mass is 35.5. The van der Waals surface area contributed by atoms with E-state index in [0.717, 1.165) is 37.4 Å². The molecule has 1 saturated heterocycles. The molecule has 0 saturated carbocycles. The van der Waals surface area contributed by atoms with E-state index >= 15 is 0 Å². The lowest BCUT2D eigenvalue weighted by molar-refractivity contribution is -0.892. The molecule has 0 aliphatic carbocycles. The number of para-hydroxylation sites is 1. The average Bonchev–Trinajstić information content (AvgIpc) is 2.59. The zero-order valence-electron chi connectivity index (χ0n) is 14.8. The molecule has 1 fully saturated rings. The summed E-state index contributed by atoms with van der Waals surface area (Å²) in [5, 5.41) is 3.63. The van der Waals surface area contributed by atoms with E-state index in [-0.39, 0.29) is 5.91 Å². The van der Waals surface area contributed by atoms with Crippen molar-refractivity contribution in [3.05, 3.63) is 58.6 Å². The molecule has 25 heavy (non-hydrogen) atoms. The fourth-order valence-corrected chi connectivity index (χ4v) is 3.44. The van der Waals surface area contributed by atoms with Crippen LogP contribution in [-0.4, -0.2) is 38.6 Å². The molecule has 0 aromatic heterocycles. The van der Waals surface area contributed by atoms with Gasteiger partial charge in [-0.2, -0.15) is 0 Å². The number of amides is 1. The molecule has 0 atom stereocenters. The fraction of sp³-hybridized carbons (Fsp3) is 0.350. The molecule has 4 nitrogen and oxygen atoms in total. The van der Waals surface area contributed by atoms with Gasteiger partial charge in [-0.1, -0.05) is 35.9 Å². The summed E-state index contributed by atoms with van der Waals surface area (Å²) < 4.78 is 0. The summed E-state index contributed by atoms with van der Waals surface area (Å²) in [4.78, 5) is 16.0. The molecule has 0 spiro atoms. The molecule has 1 amide bonds. The van der Waals surface area contributed by atoms with Gasteiger partial charge in [-0.25, -0.2) is 0 Å². The van der Waals surface area contributed by atoms with E-state index in [1.54, 1.807) is 6.07 Å². The molecular weight excluding hydrogens is 334 g/mol. The van der Waals surface area contributed by atoms with Crippen LogP contribution in [0.3, 0.4) is 0 Å². The first-order chi connectivity index (χ1) is 12.0. The number of hydrogen-bond acceptors (Lipinski definition) is 2. The lowest BCUT2D eigenvalue weighted by Gasteiger charge is -2.34. The summed E-state index contributed by atoms with van der Waals surface area (Å²) in [6.45, 7) is 8.48. The van der Waals surface area contributed by atoms with Crippen molar-refractivity contribution in [3.63, 3.8) is 0 Å². The molecule has 0 unspecified atom stereocenters. The third kappa shape index (κ3) is 4.53. The molecule has 1 aliphatic heterocycles. The van der Waals surface area contributed by atoms with E-state index in [1.807, 2.05) is 19.1 Å². The fourth-order valence-electron chi connectivity index (χ4n) is 3.26. The van der Waals surface area contributed by atoms with E-state index in [2.05, 4.69) is 41.4 Å². The van der Waals surface area contributed by atoms with Gasteiger partial charge in [-0.15, -0.1) is 0 Å². The predicted octanol–water partition coefficient (Wildman–Crippen LogP) is 2.30. The highest BCUT2D eigenvalue weighted by Gasteiger charge is 2.23. The number of halogens is 1. The number of carbonyl (C=O) groups is 1. The highest BCUT2D eigenvalue weighted by Crippen LogP contribution is 2.20. The van der Waals surface area contributed by atoms with Gasteiger partial charge < -0.3 is 15.1 Å². The number of nitrogens with zero attached hydrogens (tertiary/aromatic N) is 1. The van der Waals surface area contributed by atoms with Crippen molar-refractivity contribution in [2.75, 3.05) is 42.9 Å². The largest absolute Gasteiger partial charge is 0.360 e. The second-order valence-corrected chi connectivity index (χ2v) is 7.12. The number of hydrogen-bond donors (Lipinski definition) is 2. The van der Waals surface area contributed by atoms with Crippen LogP contribution in [0.4, 0.5) is 11.4 Å². The van der Waals surface area contributed by atoms with Crippen LogP contribution in [0.2, 0.25) is 5.02 Å². The maximum atomic E-state index is 12.3. The predicted molar refractivity (Wildman–Crippen MR) is 104 cm³/mol. The molecule has 1 heterocycles. The van der Waals surface area contributed by atoms with Crippen LogP contribution in [0, 0.1) is 13.8 Å². The Hall–Kier alpha value is -2.04. The van der Waals surface area contributed by atoms with E-state index in [9.17, 15) is 4.79 Å². The lowest BCUT2D eigenvalue weighted by atomic mass is 10.1. The molecule has 1 aliphatic rings. The summed E-state index contributed by atoms with van der Waals surface area (Å²) >= 11 is 6.11. The minimum atomic E-state index is 0.0410. The van der Waals surface area contributed by atoms with Gasteiger partial charge in [0.1, 0.15) is 0 Å². The number of piperazine rings is 1. The second-order valence-electron chi connectivity index (χ2n) is 6.71. The molecule has 5 heteroatoms. The smallest absolute Gasteiger partial charge is 0.279 e. The number of rotatable bonds is 4. The van der Waals surface area contributed by atoms with Crippen molar-refractivity contribution in [2.45, 2.75) is 13.8 Å². The van der Waals surface area contributed by atoms with Crippen LogP contribution in [0.1, 0.15) is 11.1 Å². The number of aryl methyl sites for hydroxylation is 2. The molecule has 132 valence electrons. The zero-order valence-corrected chi connectivity index (χ0v) is 15.6. The Balaban J connectivity index is 1.51. The Morgan fingerprint density at radius 2 is 1.84 bits per heavy atom. The van der Waals surface area contributed by atoms with Crippen molar-refractivity contribution >= 4 is 28.9 Å². The lowest BCUT2D eigenvalue weighted by Crippen LogP contribution is -3.15. The van der Waals surface area contributed by atoms with E-state index in [1.165, 1.54) is 16.2 Å². The second kappa shape index (κ2) is 7.89. The van der Waals surface area contributed by atoms with Crippen molar-refractivity contribution in [2.24, 2.45) is 0 Å². The summed E-state index contributed by atoms with van der Waals surface area (Å²) in [5.41, 5.74) is 4.39. The molecule has 2 aromatic carbocycles. The van der Waals surface area contributed by atoms with Gasteiger partial charge in [-0.05, 0) is 43.2 Å². The van der Waals surface area contributed by atoms with E-state index < -0.39 is 0 Å². The first-order valence-electron chi connectivity index (χ1n) is 8.73. The van der Waals surface area contributed by atoms with Crippen molar-refractivity contribution in [1.29, 1.82) is 0 Å². The number of carbonyl (C=O) groups excluding carboxylic acids is 1. The van der Waals surface area contributed by atoms with Gasteiger partial charge >= 0.3 is 0 Å². The SMILES string of the molecule is Cc1ccc(NC(=O)C[NH+]2CCN(c3ccccc3C)CC2)cc1Cl. The Morgan fingerprint density at radius 1 is 1.12 bits per heavy atom. The standard InChI is InChI=1S/C20H24ClN3O/c1-15-7-8-17(13-18(15)21)22-20(25)14-23-9-11-24(12-10-23)19-6-4-3-5-16(19)2/h3-8,13H,9-12,14H2,1-2H3,(H,22,25)/p+1. The van der Waals surface area contributed by atoms with Crippen LogP contribution >= 0.6 is 11.6 Å². The van der Waals surface area contributed by atoms with Crippen molar-refractivity contribution in [3.8, 4) is 0 Å². The monoisotopic (exact) mass is 358 g/mol.